The fourth-order valence-electron chi connectivity index (χ4n) is 1.79. The molecule has 1 aromatic heterocycles. The third-order valence-electron chi connectivity index (χ3n) is 2.79. The molecule has 0 bridgehead atoms. The first kappa shape index (κ1) is 12.3. The summed E-state index contributed by atoms with van der Waals surface area (Å²) in [7, 11) is 3.97. The number of hydrogen-bond donors (Lipinski definition) is 0. The zero-order valence-corrected chi connectivity index (χ0v) is 11.0. The van der Waals surface area contributed by atoms with Gasteiger partial charge in [-0.05, 0) is 25.1 Å². The Hall–Kier alpha value is -2.16. The number of rotatable bonds is 3. The third kappa shape index (κ3) is 2.94. The highest BCUT2D eigenvalue weighted by Gasteiger charge is 2.04. The quantitative estimate of drug-likeness (QED) is 0.458. The zero-order valence-electron chi connectivity index (χ0n) is 11.0. The fourth-order valence-corrected chi connectivity index (χ4v) is 1.79. The number of pyridine rings is 1. The number of aryl methyl sites for hydroxylation is 1. The summed E-state index contributed by atoms with van der Waals surface area (Å²) in [4.78, 5) is 0. The molecule has 3 nitrogen and oxygen atoms in total. The van der Waals surface area contributed by atoms with Crippen molar-refractivity contribution in [3.63, 3.8) is 0 Å². The first-order valence-corrected chi connectivity index (χ1v) is 5.96. The lowest BCUT2D eigenvalue weighted by molar-refractivity contribution is -0.671. The van der Waals surface area contributed by atoms with Gasteiger partial charge in [0.2, 0.25) is 0 Å². The molecule has 0 fully saturated rings. The Kier molecular flexibility index (Phi) is 3.72. The number of benzene rings is 1. The molecule has 0 saturated carbocycles. The molecule has 0 amide bonds. The molecular weight excluding hydrogens is 222 g/mol. The van der Waals surface area contributed by atoms with Crippen molar-refractivity contribution in [1.29, 1.82) is 0 Å². The Balaban J connectivity index is 2.23. The summed E-state index contributed by atoms with van der Waals surface area (Å²) < 4.78 is 2.02. The van der Waals surface area contributed by atoms with Gasteiger partial charge >= 0.3 is 0 Å². The van der Waals surface area contributed by atoms with Crippen molar-refractivity contribution < 1.29 is 4.57 Å². The van der Waals surface area contributed by atoms with Gasteiger partial charge in [-0.15, -0.1) is 0 Å². The molecule has 3 heteroatoms. The Morgan fingerprint density at radius 2 is 1.83 bits per heavy atom. The lowest BCUT2D eigenvalue weighted by Gasteiger charge is -2.14. The van der Waals surface area contributed by atoms with Gasteiger partial charge < -0.3 is 0 Å². The zero-order chi connectivity index (χ0) is 13.0. The molecule has 0 saturated heterocycles. The van der Waals surface area contributed by atoms with Gasteiger partial charge in [0.15, 0.2) is 12.4 Å². The maximum absolute atomic E-state index is 4.60. The van der Waals surface area contributed by atoms with E-state index in [2.05, 4.69) is 17.4 Å². The number of anilines is 1. The van der Waals surface area contributed by atoms with Crippen molar-refractivity contribution in [3.8, 4) is 0 Å². The van der Waals surface area contributed by atoms with Gasteiger partial charge in [0, 0.05) is 13.1 Å². The van der Waals surface area contributed by atoms with Gasteiger partial charge in [0.05, 0.1) is 17.0 Å². The van der Waals surface area contributed by atoms with Crippen molar-refractivity contribution in [2.75, 3.05) is 12.1 Å². The van der Waals surface area contributed by atoms with Crippen LogP contribution in [0.2, 0.25) is 0 Å². The minimum atomic E-state index is 0.998. The summed E-state index contributed by atoms with van der Waals surface area (Å²) in [6.07, 6.45) is 4.08. The molecule has 0 N–H and O–H groups in total. The highest BCUT2D eigenvalue weighted by molar-refractivity contribution is 5.98. The molecule has 0 aliphatic heterocycles. The van der Waals surface area contributed by atoms with Gasteiger partial charge in [0.25, 0.3) is 0 Å². The topological polar surface area (TPSA) is 19.5 Å². The molecular formula is C15H18N3+. The molecule has 18 heavy (non-hydrogen) atoms. The summed E-state index contributed by atoms with van der Waals surface area (Å²) in [6, 6.07) is 14.2. The van der Waals surface area contributed by atoms with E-state index in [-0.39, 0.29) is 0 Å². The molecule has 92 valence electrons. The van der Waals surface area contributed by atoms with Gasteiger partial charge in [-0.25, -0.2) is 4.57 Å². The van der Waals surface area contributed by atoms with E-state index in [0.717, 1.165) is 17.0 Å². The van der Waals surface area contributed by atoms with Crippen LogP contribution in [0.1, 0.15) is 12.5 Å². The van der Waals surface area contributed by atoms with Gasteiger partial charge in [-0.1, -0.05) is 18.2 Å². The van der Waals surface area contributed by atoms with Crippen LogP contribution < -0.4 is 9.58 Å². The summed E-state index contributed by atoms with van der Waals surface area (Å²) in [5.74, 6) is 0. The van der Waals surface area contributed by atoms with Crippen LogP contribution in [-0.2, 0) is 7.05 Å². The van der Waals surface area contributed by atoms with E-state index in [1.165, 1.54) is 0 Å². The Bertz CT molecular complexity index is 547. The lowest BCUT2D eigenvalue weighted by atomic mass is 10.2. The van der Waals surface area contributed by atoms with E-state index in [1.807, 2.05) is 73.2 Å². The molecule has 1 heterocycles. The van der Waals surface area contributed by atoms with Crippen molar-refractivity contribution >= 4 is 11.4 Å². The molecule has 0 aliphatic carbocycles. The van der Waals surface area contributed by atoms with Gasteiger partial charge in [-0.3, -0.25) is 5.01 Å². The summed E-state index contributed by atoms with van der Waals surface area (Å²) >= 11 is 0. The van der Waals surface area contributed by atoms with Crippen molar-refractivity contribution in [3.05, 3.63) is 60.4 Å². The first-order valence-electron chi connectivity index (χ1n) is 5.96. The number of aromatic nitrogens is 1. The predicted molar refractivity (Wildman–Crippen MR) is 74.7 cm³/mol. The van der Waals surface area contributed by atoms with Crippen LogP contribution in [0.3, 0.4) is 0 Å². The SMILES string of the molecule is C/C(=N\N(C)c1ccccc1)c1ccc[n+](C)c1. The van der Waals surface area contributed by atoms with E-state index in [9.17, 15) is 0 Å². The monoisotopic (exact) mass is 240 g/mol. The predicted octanol–water partition coefficient (Wildman–Crippen LogP) is 2.37. The summed E-state index contributed by atoms with van der Waals surface area (Å²) in [5, 5.41) is 6.49. The van der Waals surface area contributed by atoms with E-state index in [1.54, 1.807) is 0 Å². The van der Waals surface area contributed by atoms with Crippen molar-refractivity contribution in [2.24, 2.45) is 12.1 Å². The minimum Gasteiger partial charge on any atom is -0.268 e. The maximum atomic E-state index is 4.60. The van der Waals surface area contributed by atoms with E-state index < -0.39 is 0 Å². The Morgan fingerprint density at radius 3 is 2.50 bits per heavy atom. The smallest absolute Gasteiger partial charge is 0.177 e. The number of hydrazone groups is 1. The lowest BCUT2D eigenvalue weighted by Crippen LogP contribution is -2.27. The standard InChI is InChI=1S/C15H18N3/c1-13(14-8-7-11-17(2)12-14)16-18(3)15-9-5-4-6-10-15/h4-12H,1-3H3/q+1/b16-13+. The Morgan fingerprint density at radius 1 is 1.11 bits per heavy atom. The molecule has 0 unspecified atom stereocenters. The van der Waals surface area contributed by atoms with Crippen LogP contribution in [0.4, 0.5) is 5.69 Å². The van der Waals surface area contributed by atoms with Crippen LogP contribution in [0.25, 0.3) is 0 Å². The van der Waals surface area contributed by atoms with Crippen LogP contribution in [0.15, 0.2) is 60.0 Å². The van der Waals surface area contributed by atoms with Crippen molar-refractivity contribution in [1.82, 2.24) is 0 Å². The second kappa shape index (κ2) is 5.45. The molecule has 2 aromatic rings. The van der Waals surface area contributed by atoms with Crippen LogP contribution >= 0.6 is 0 Å². The molecule has 0 spiro atoms. The molecule has 0 radical (unpaired) electrons. The normalized spacial score (nSPS) is 11.4. The molecule has 2 rings (SSSR count). The van der Waals surface area contributed by atoms with Crippen molar-refractivity contribution in [2.45, 2.75) is 6.92 Å². The average Bonchev–Trinajstić information content (AvgIpc) is 2.39. The second-order valence-electron chi connectivity index (χ2n) is 4.30. The minimum absolute atomic E-state index is 0.998. The van der Waals surface area contributed by atoms with E-state index in [4.69, 9.17) is 0 Å². The average molecular weight is 240 g/mol. The fraction of sp³-hybridized carbons (Fsp3) is 0.200. The first-order chi connectivity index (χ1) is 8.66. The summed E-state index contributed by atoms with van der Waals surface area (Å²) in [5.41, 5.74) is 3.21. The number of nitrogens with zero attached hydrogens (tertiary/aromatic N) is 3. The number of hydrogen-bond acceptors (Lipinski definition) is 2. The maximum Gasteiger partial charge on any atom is 0.177 e. The van der Waals surface area contributed by atoms with E-state index >= 15 is 0 Å². The van der Waals surface area contributed by atoms with E-state index in [0.29, 0.717) is 0 Å². The Labute approximate surface area is 108 Å². The number of para-hydroxylation sites is 1. The van der Waals surface area contributed by atoms with Gasteiger partial charge in [0.1, 0.15) is 7.05 Å². The molecule has 0 aliphatic rings. The largest absolute Gasteiger partial charge is 0.268 e. The molecule has 1 aromatic carbocycles. The second-order valence-corrected chi connectivity index (χ2v) is 4.30. The van der Waals surface area contributed by atoms with Gasteiger partial charge in [-0.2, -0.15) is 5.10 Å². The molecule has 0 atom stereocenters. The summed E-state index contributed by atoms with van der Waals surface area (Å²) in [6.45, 7) is 2.02. The third-order valence-corrected chi connectivity index (χ3v) is 2.79. The highest BCUT2D eigenvalue weighted by atomic mass is 15.4. The highest BCUT2D eigenvalue weighted by Crippen LogP contribution is 2.12. The van der Waals surface area contributed by atoms with Crippen LogP contribution in [-0.4, -0.2) is 12.8 Å². The van der Waals surface area contributed by atoms with Crippen LogP contribution in [0.5, 0.6) is 0 Å². The van der Waals surface area contributed by atoms with Crippen LogP contribution in [0, 0.1) is 0 Å².